The first-order valence-electron chi connectivity index (χ1n) is 4.88. The molecule has 1 N–H and O–H groups in total. The zero-order valence-corrected chi connectivity index (χ0v) is 8.77. The highest BCUT2D eigenvalue weighted by Crippen LogP contribution is 2.21. The molecule has 0 bridgehead atoms. The van der Waals surface area contributed by atoms with Crippen LogP contribution in [-0.2, 0) is 0 Å². The molecule has 0 aliphatic heterocycles. The van der Waals surface area contributed by atoms with E-state index in [1.54, 1.807) is 24.3 Å². The third kappa shape index (κ3) is 2.06. The van der Waals surface area contributed by atoms with Gasteiger partial charge in [0.2, 0.25) is 5.56 Å². The summed E-state index contributed by atoms with van der Waals surface area (Å²) in [6, 6.07) is 12.2. The van der Waals surface area contributed by atoms with Gasteiger partial charge in [-0.2, -0.15) is 10.5 Å². The first-order valence-corrected chi connectivity index (χ1v) is 4.88. The van der Waals surface area contributed by atoms with Crippen molar-refractivity contribution in [1.29, 1.82) is 10.5 Å². The Kier molecular flexibility index (Phi) is 2.72. The van der Waals surface area contributed by atoms with Crippen molar-refractivity contribution in [1.82, 2.24) is 4.98 Å². The van der Waals surface area contributed by atoms with Gasteiger partial charge in [0.1, 0.15) is 6.07 Å². The number of hydrogen-bond acceptors (Lipinski definition) is 3. The molecule has 0 atom stereocenters. The zero-order valence-electron chi connectivity index (χ0n) is 8.77. The number of benzene rings is 1. The molecule has 4 heteroatoms. The summed E-state index contributed by atoms with van der Waals surface area (Å²) in [6.07, 6.45) is 1.37. The van der Waals surface area contributed by atoms with E-state index >= 15 is 0 Å². The largest absolute Gasteiger partial charge is 0.328 e. The number of pyridine rings is 1. The van der Waals surface area contributed by atoms with Gasteiger partial charge in [-0.3, -0.25) is 4.79 Å². The Hall–Kier alpha value is -2.85. The van der Waals surface area contributed by atoms with Crippen molar-refractivity contribution in [3.05, 3.63) is 58.0 Å². The van der Waals surface area contributed by atoms with Gasteiger partial charge >= 0.3 is 0 Å². The number of hydrogen-bond donors (Lipinski definition) is 1. The van der Waals surface area contributed by atoms with Crippen molar-refractivity contribution in [2.45, 2.75) is 0 Å². The number of nitrogens with zero attached hydrogens (tertiary/aromatic N) is 2. The van der Waals surface area contributed by atoms with Gasteiger partial charge in [-0.25, -0.2) is 0 Å². The second-order valence-corrected chi connectivity index (χ2v) is 3.43. The second kappa shape index (κ2) is 4.34. The lowest BCUT2D eigenvalue weighted by Gasteiger charge is -2.03. The normalized spacial score (nSPS) is 9.29. The van der Waals surface area contributed by atoms with Crippen LogP contribution in [0.25, 0.3) is 11.1 Å². The number of H-pyrrole nitrogens is 1. The minimum Gasteiger partial charge on any atom is -0.328 e. The van der Waals surface area contributed by atoms with Crippen LogP contribution in [-0.4, -0.2) is 4.98 Å². The number of rotatable bonds is 1. The molecule has 0 saturated carbocycles. The van der Waals surface area contributed by atoms with Crippen LogP contribution in [0.1, 0.15) is 11.1 Å². The lowest BCUT2D eigenvalue weighted by Crippen LogP contribution is -2.04. The number of aromatic amines is 1. The van der Waals surface area contributed by atoms with Crippen LogP contribution in [0.5, 0.6) is 0 Å². The minimum atomic E-state index is -0.277. The monoisotopic (exact) mass is 221 g/mol. The molecule has 0 spiro atoms. The van der Waals surface area contributed by atoms with Crippen molar-refractivity contribution in [2.24, 2.45) is 0 Å². The molecule has 0 aliphatic rings. The SMILES string of the molecule is N#Cc1cccc(-c2cc(=O)[nH]cc2C#N)c1. The van der Waals surface area contributed by atoms with E-state index in [4.69, 9.17) is 10.5 Å². The summed E-state index contributed by atoms with van der Waals surface area (Å²) in [7, 11) is 0. The molecule has 0 radical (unpaired) electrons. The highest BCUT2D eigenvalue weighted by atomic mass is 16.1. The fraction of sp³-hybridized carbons (Fsp3) is 0. The average molecular weight is 221 g/mol. The van der Waals surface area contributed by atoms with E-state index in [2.05, 4.69) is 4.98 Å². The van der Waals surface area contributed by atoms with E-state index in [1.165, 1.54) is 12.3 Å². The van der Waals surface area contributed by atoms with Crippen molar-refractivity contribution >= 4 is 0 Å². The molecule has 1 heterocycles. The topological polar surface area (TPSA) is 80.4 Å². The number of nitrogens with one attached hydrogen (secondary N) is 1. The fourth-order valence-electron chi connectivity index (χ4n) is 1.56. The van der Waals surface area contributed by atoms with Crippen molar-refractivity contribution < 1.29 is 0 Å². The lowest BCUT2D eigenvalue weighted by molar-refractivity contribution is 1.22. The highest BCUT2D eigenvalue weighted by molar-refractivity contribution is 5.70. The Bertz CT molecular complexity index is 702. The van der Waals surface area contributed by atoms with Gasteiger partial charge < -0.3 is 4.98 Å². The maximum Gasteiger partial charge on any atom is 0.248 e. The van der Waals surface area contributed by atoms with Crippen LogP contribution >= 0.6 is 0 Å². The van der Waals surface area contributed by atoms with Gasteiger partial charge in [0.25, 0.3) is 0 Å². The van der Waals surface area contributed by atoms with Gasteiger partial charge in [0.15, 0.2) is 0 Å². The summed E-state index contributed by atoms with van der Waals surface area (Å²) >= 11 is 0. The summed E-state index contributed by atoms with van der Waals surface area (Å²) < 4.78 is 0. The minimum absolute atomic E-state index is 0.277. The molecular formula is C13H7N3O. The molecule has 0 aliphatic carbocycles. The average Bonchev–Trinajstić information content (AvgIpc) is 2.39. The molecule has 4 nitrogen and oxygen atoms in total. The smallest absolute Gasteiger partial charge is 0.248 e. The van der Waals surface area contributed by atoms with Crippen LogP contribution in [0.4, 0.5) is 0 Å². The first kappa shape index (κ1) is 10.7. The third-order valence-electron chi connectivity index (χ3n) is 2.35. The standard InChI is InChI=1S/C13H7N3O/c14-6-9-2-1-3-10(4-9)12-5-13(17)16-8-11(12)7-15/h1-5,8H,(H,16,17). The summed E-state index contributed by atoms with van der Waals surface area (Å²) in [5, 5.41) is 17.8. The van der Waals surface area contributed by atoms with Crippen LogP contribution < -0.4 is 5.56 Å². The van der Waals surface area contributed by atoms with Crippen molar-refractivity contribution in [3.63, 3.8) is 0 Å². The Morgan fingerprint density at radius 3 is 2.65 bits per heavy atom. The van der Waals surface area contributed by atoms with E-state index in [0.717, 1.165) is 0 Å². The van der Waals surface area contributed by atoms with Crippen LogP contribution in [0.15, 0.2) is 41.3 Å². The van der Waals surface area contributed by atoms with Gasteiger partial charge in [-0.15, -0.1) is 0 Å². The predicted octanol–water partition coefficient (Wildman–Crippen LogP) is 1.79. The Balaban J connectivity index is 2.68. The lowest BCUT2D eigenvalue weighted by atomic mass is 10.0. The molecule has 0 amide bonds. The molecule has 1 aromatic carbocycles. The predicted molar refractivity (Wildman–Crippen MR) is 61.9 cm³/mol. The number of aromatic nitrogens is 1. The van der Waals surface area contributed by atoms with E-state index in [-0.39, 0.29) is 5.56 Å². The van der Waals surface area contributed by atoms with Crippen LogP contribution in [0.2, 0.25) is 0 Å². The molecule has 1 aromatic heterocycles. The quantitative estimate of drug-likeness (QED) is 0.797. The van der Waals surface area contributed by atoms with Gasteiger partial charge in [-0.1, -0.05) is 12.1 Å². The van der Waals surface area contributed by atoms with Gasteiger partial charge in [0.05, 0.1) is 17.2 Å². The fourth-order valence-corrected chi connectivity index (χ4v) is 1.56. The maximum atomic E-state index is 11.3. The Morgan fingerprint density at radius 2 is 1.94 bits per heavy atom. The first-order chi connectivity index (χ1) is 8.24. The molecule has 2 aromatic rings. The molecule has 80 valence electrons. The van der Waals surface area contributed by atoms with Crippen LogP contribution in [0, 0.1) is 22.7 Å². The Morgan fingerprint density at radius 1 is 1.12 bits per heavy atom. The molecule has 2 rings (SSSR count). The molecule has 0 fully saturated rings. The van der Waals surface area contributed by atoms with Crippen molar-refractivity contribution in [3.8, 4) is 23.3 Å². The summed E-state index contributed by atoms with van der Waals surface area (Å²) in [4.78, 5) is 13.7. The molecular weight excluding hydrogens is 214 g/mol. The van der Waals surface area contributed by atoms with Gasteiger partial charge in [-0.05, 0) is 17.7 Å². The van der Waals surface area contributed by atoms with E-state index in [9.17, 15) is 4.79 Å². The second-order valence-electron chi connectivity index (χ2n) is 3.43. The van der Waals surface area contributed by atoms with E-state index in [1.807, 2.05) is 12.1 Å². The number of nitriles is 2. The third-order valence-corrected chi connectivity index (χ3v) is 2.35. The zero-order chi connectivity index (χ0) is 12.3. The summed E-state index contributed by atoms with van der Waals surface area (Å²) in [5.74, 6) is 0. The van der Waals surface area contributed by atoms with E-state index in [0.29, 0.717) is 22.3 Å². The molecule has 0 saturated heterocycles. The Labute approximate surface area is 97.4 Å². The van der Waals surface area contributed by atoms with Gasteiger partial charge in [0, 0.05) is 17.8 Å². The summed E-state index contributed by atoms with van der Waals surface area (Å²) in [6.45, 7) is 0. The summed E-state index contributed by atoms with van der Waals surface area (Å²) in [5.41, 5.74) is 1.81. The molecule has 17 heavy (non-hydrogen) atoms. The highest BCUT2D eigenvalue weighted by Gasteiger charge is 2.06. The van der Waals surface area contributed by atoms with Crippen LogP contribution in [0.3, 0.4) is 0 Å². The maximum absolute atomic E-state index is 11.3. The van der Waals surface area contributed by atoms with E-state index < -0.39 is 0 Å². The van der Waals surface area contributed by atoms with Crippen molar-refractivity contribution in [2.75, 3.05) is 0 Å². The molecule has 0 unspecified atom stereocenters.